The molecule has 0 radical (unpaired) electrons. The van der Waals surface area contributed by atoms with Crippen LogP contribution < -0.4 is 0 Å². The number of allylic oxidation sites excluding steroid dienone is 2. The summed E-state index contributed by atoms with van der Waals surface area (Å²) in [7, 11) is 0. The predicted molar refractivity (Wildman–Crippen MR) is 80.9 cm³/mol. The van der Waals surface area contributed by atoms with Gasteiger partial charge in [-0.3, -0.25) is 0 Å². The van der Waals surface area contributed by atoms with Gasteiger partial charge >= 0.3 is 0 Å². The first-order chi connectivity index (χ1) is 8.77. The molecule has 0 saturated heterocycles. The summed E-state index contributed by atoms with van der Waals surface area (Å²) in [4.78, 5) is 10.7. The van der Waals surface area contributed by atoms with E-state index in [0.717, 1.165) is 12.8 Å². The van der Waals surface area contributed by atoms with Crippen molar-refractivity contribution in [2.45, 2.75) is 90.9 Å². The molecule has 0 aliphatic heterocycles. The summed E-state index contributed by atoms with van der Waals surface area (Å²) < 4.78 is 0. The third-order valence-electron chi connectivity index (χ3n) is 3.29. The lowest BCUT2D eigenvalue weighted by atomic mass is 10.1. The van der Waals surface area contributed by atoms with Crippen LogP contribution in [0.3, 0.4) is 0 Å². The summed E-state index contributed by atoms with van der Waals surface area (Å²) in [6, 6.07) is 0. The van der Waals surface area contributed by atoms with Gasteiger partial charge in [0, 0.05) is 6.42 Å². The maximum Gasteiger partial charge on any atom is 0.129 e. The lowest BCUT2D eigenvalue weighted by molar-refractivity contribution is -0.117. The molecule has 0 spiro atoms. The summed E-state index contributed by atoms with van der Waals surface area (Å²) in [6.45, 7) is 3.94. The number of Topliss-reactive ketones (excluding diaryl/α,β-unsaturated/α-hetero) is 1. The van der Waals surface area contributed by atoms with Gasteiger partial charge in [-0.15, -0.1) is 0 Å². The summed E-state index contributed by atoms with van der Waals surface area (Å²) >= 11 is 0. The molecule has 0 aliphatic rings. The largest absolute Gasteiger partial charge is 0.300 e. The van der Waals surface area contributed by atoms with Crippen LogP contribution in [0.25, 0.3) is 0 Å². The highest BCUT2D eigenvalue weighted by atomic mass is 16.1. The molecule has 1 nitrogen and oxygen atoms in total. The maximum absolute atomic E-state index is 10.7. The SMILES string of the molecule is CCCCCCCC=CCCCCCCC(C)=O. The van der Waals surface area contributed by atoms with Gasteiger partial charge in [-0.1, -0.05) is 57.6 Å². The molecule has 0 amide bonds. The van der Waals surface area contributed by atoms with Gasteiger partial charge in [-0.05, 0) is 39.0 Å². The molecule has 0 bridgehead atoms. The van der Waals surface area contributed by atoms with Gasteiger partial charge in [-0.25, -0.2) is 0 Å². The van der Waals surface area contributed by atoms with Crippen LogP contribution in [-0.4, -0.2) is 5.78 Å². The molecule has 18 heavy (non-hydrogen) atoms. The van der Waals surface area contributed by atoms with E-state index in [2.05, 4.69) is 19.1 Å². The smallest absolute Gasteiger partial charge is 0.129 e. The van der Waals surface area contributed by atoms with Crippen molar-refractivity contribution in [1.29, 1.82) is 0 Å². The van der Waals surface area contributed by atoms with E-state index in [4.69, 9.17) is 0 Å². The highest BCUT2D eigenvalue weighted by Crippen LogP contribution is 2.08. The van der Waals surface area contributed by atoms with Crippen molar-refractivity contribution in [3.8, 4) is 0 Å². The minimum atomic E-state index is 0.331. The molecule has 0 aromatic carbocycles. The number of rotatable bonds is 13. The van der Waals surface area contributed by atoms with Crippen molar-refractivity contribution in [2.75, 3.05) is 0 Å². The highest BCUT2D eigenvalue weighted by Gasteiger charge is 1.93. The lowest BCUT2D eigenvalue weighted by Crippen LogP contribution is -1.88. The zero-order valence-electron chi connectivity index (χ0n) is 12.5. The Balaban J connectivity index is 3.06. The standard InChI is InChI=1S/C17H32O/c1-3-4-5-6-7-8-9-10-11-12-13-14-15-16-17(2)18/h9-10H,3-8,11-16H2,1-2H3. The molecule has 0 aliphatic carbocycles. The van der Waals surface area contributed by atoms with Crippen LogP contribution in [0.1, 0.15) is 90.9 Å². The molecule has 0 aromatic heterocycles. The van der Waals surface area contributed by atoms with Gasteiger partial charge in [0.05, 0.1) is 0 Å². The Bertz CT molecular complexity index is 206. The van der Waals surface area contributed by atoms with Crippen molar-refractivity contribution in [1.82, 2.24) is 0 Å². The number of carbonyl (C=O) groups excluding carboxylic acids is 1. The van der Waals surface area contributed by atoms with E-state index < -0.39 is 0 Å². The van der Waals surface area contributed by atoms with Crippen molar-refractivity contribution in [3.63, 3.8) is 0 Å². The van der Waals surface area contributed by atoms with Crippen molar-refractivity contribution in [2.24, 2.45) is 0 Å². The predicted octanol–water partition coefficient (Wildman–Crippen LogP) is 5.83. The van der Waals surface area contributed by atoms with Crippen molar-refractivity contribution < 1.29 is 4.79 Å². The van der Waals surface area contributed by atoms with Crippen LogP contribution in [-0.2, 0) is 4.79 Å². The second-order valence-electron chi connectivity index (χ2n) is 5.33. The molecule has 0 saturated carbocycles. The number of hydrogen-bond acceptors (Lipinski definition) is 1. The lowest BCUT2D eigenvalue weighted by Gasteiger charge is -1.98. The molecular weight excluding hydrogens is 220 g/mol. The summed E-state index contributed by atoms with van der Waals surface area (Å²) in [5.74, 6) is 0.331. The summed E-state index contributed by atoms with van der Waals surface area (Å²) in [5.41, 5.74) is 0. The topological polar surface area (TPSA) is 17.1 Å². The number of ketones is 1. The Kier molecular flexibility index (Phi) is 14.0. The average molecular weight is 252 g/mol. The monoisotopic (exact) mass is 252 g/mol. The fourth-order valence-electron chi connectivity index (χ4n) is 2.09. The fraction of sp³-hybridized carbons (Fsp3) is 0.824. The van der Waals surface area contributed by atoms with Gasteiger partial charge in [0.25, 0.3) is 0 Å². The van der Waals surface area contributed by atoms with Crippen LogP contribution in [0, 0.1) is 0 Å². The third kappa shape index (κ3) is 15.4. The van der Waals surface area contributed by atoms with Crippen LogP contribution in [0.4, 0.5) is 0 Å². The first-order valence-electron chi connectivity index (χ1n) is 7.91. The van der Waals surface area contributed by atoms with Gasteiger partial charge in [0.15, 0.2) is 0 Å². The minimum absolute atomic E-state index is 0.331. The Morgan fingerprint density at radius 2 is 1.28 bits per heavy atom. The molecule has 1 heteroatoms. The van der Waals surface area contributed by atoms with E-state index in [1.807, 2.05) is 0 Å². The van der Waals surface area contributed by atoms with E-state index in [0.29, 0.717) is 5.78 Å². The average Bonchev–Trinajstić information content (AvgIpc) is 2.34. The van der Waals surface area contributed by atoms with E-state index in [-0.39, 0.29) is 0 Å². The quantitative estimate of drug-likeness (QED) is 0.297. The molecule has 106 valence electrons. The Morgan fingerprint density at radius 3 is 1.78 bits per heavy atom. The van der Waals surface area contributed by atoms with Gasteiger partial charge in [0.2, 0.25) is 0 Å². The second-order valence-corrected chi connectivity index (χ2v) is 5.33. The summed E-state index contributed by atoms with van der Waals surface area (Å²) in [5, 5.41) is 0. The van der Waals surface area contributed by atoms with Crippen LogP contribution in [0.2, 0.25) is 0 Å². The first kappa shape index (κ1) is 17.4. The van der Waals surface area contributed by atoms with E-state index in [9.17, 15) is 4.79 Å². The summed E-state index contributed by atoms with van der Waals surface area (Å²) in [6.07, 6.45) is 19.7. The number of carbonyl (C=O) groups is 1. The number of hydrogen-bond donors (Lipinski definition) is 0. The van der Waals surface area contributed by atoms with Gasteiger partial charge in [-0.2, -0.15) is 0 Å². The van der Waals surface area contributed by atoms with Gasteiger partial charge < -0.3 is 4.79 Å². The van der Waals surface area contributed by atoms with Crippen LogP contribution in [0.15, 0.2) is 12.2 Å². The molecule has 0 unspecified atom stereocenters. The van der Waals surface area contributed by atoms with E-state index in [1.165, 1.54) is 64.2 Å². The molecule has 0 aromatic rings. The Labute approximate surface area is 114 Å². The van der Waals surface area contributed by atoms with Crippen LogP contribution in [0.5, 0.6) is 0 Å². The van der Waals surface area contributed by atoms with Crippen molar-refractivity contribution in [3.05, 3.63) is 12.2 Å². The Hall–Kier alpha value is -0.590. The normalized spacial score (nSPS) is 11.2. The molecule has 0 N–H and O–H groups in total. The van der Waals surface area contributed by atoms with E-state index >= 15 is 0 Å². The molecule has 0 heterocycles. The molecular formula is C17H32O. The third-order valence-corrected chi connectivity index (χ3v) is 3.29. The number of unbranched alkanes of at least 4 members (excludes halogenated alkanes) is 9. The fourth-order valence-corrected chi connectivity index (χ4v) is 2.09. The van der Waals surface area contributed by atoms with Gasteiger partial charge in [0.1, 0.15) is 5.78 Å². The first-order valence-corrected chi connectivity index (χ1v) is 7.91. The molecule has 0 rings (SSSR count). The van der Waals surface area contributed by atoms with E-state index in [1.54, 1.807) is 6.92 Å². The second kappa shape index (κ2) is 14.5. The zero-order valence-corrected chi connectivity index (χ0v) is 12.5. The van der Waals surface area contributed by atoms with Crippen LogP contribution >= 0.6 is 0 Å². The minimum Gasteiger partial charge on any atom is -0.300 e. The van der Waals surface area contributed by atoms with Crippen molar-refractivity contribution >= 4 is 5.78 Å². The maximum atomic E-state index is 10.7. The highest BCUT2D eigenvalue weighted by molar-refractivity contribution is 5.75. The zero-order chi connectivity index (χ0) is 13.5. The molecule has 0 atom stereocenters. The Morgan fingerprint density at radius 1 is 0.778 bits per heavy atom. The molecule has 0 fully saturated rings.